The molecule has 3 nitrogen and oxygen atoms in total. The first-order chi connectivity index (χ1) is 12.2. The van der Waals surface area contributed by atoms with E-state index in [1.165, 1.54) is 5.56 Å². The molecule has 1 N–H and O–H groups in total. The molecule has 2 rings (SSSR count). The van der Waals surface area contributed by atoms with Gasteiger partial charge in [0, 0.05) is 12.6 Å². The summed E-state index contributed by atoms with van der Waals surface area (Å²) in [5.41, 5.74) is 3.44. The second kappa shape index (κ2) is 8.70. The molecular weight excluding hydrogens is 322 g/mol. The SMILES string of the molecule is CC(C)Oc1cccc(CNC(=O)/C=C/c2ccc(C(C)(C)C)cc2)c1. The summed E-state index contributed by atoms with van der Waals surface area (Å²) < 4.78 is 5.67. The van der Waals surface area contributed by atoms with Gasteiger partial charge in [-0.25, -0.2) is 0 Å². The third-order valence-corrected chi connectivity index (χ3v) is 3.94. The number of rotatable bonds is 6. The van der Waals surface area contributed by atoms with Gasteiger partial charge in [0.15, 0.2) is 0 Å². The first-order valence-electron chi connectivity index (χ1n) is 9.06. The lowest BCUT2D eigenvalue weighted by Crippen LogP contribution is -2.20. The highest BCUT2D eigenvalue weighted by atomic mass is 16.5. The van der Waals surface area contributed by atoms with Crippen LogP contribution in [0.15, 0.2) is 54.6 Å². The Hall–Kier alpha value is -2.55. The Morgan fingerprint density at radius 1 is 1.12 bits per heavy atom. The summed E-state index contributed by atoms with van der Waals surface area (Å²) in [6.07, 6.45) is 3.54. The van der Waals surface area contributed by atoms with E-state index in [0.717, 1.165) is 16.9 Å². The van der Waals surface area contributed by atoms with Gasteiger partial charge in [-0.1, -0.05) is 57.2 Å². The predicted octanol–water partition coefficient (Wildman–Crippen LogP) is 5.10. The van der Waals surface area contributed by atoms with E-state index in [4.69, 9.17) is 4.74 Å². The summed E-state index contributed by atoms with van der Waals surface area (Å²) >= 11 is 0. The predicted molar refractivity (Wildman–Crippen MR) is 108 cm³/mol. The van der Waals surface area contributed by atoms with Crippen LogP contribution in [0.5, 0.6) is 5.75 Å². The molecule has 0 aliphatic rings. The van der Waals surface area contributed by atoms with Crippen molar-refractivity contribution >= 4 is 12.0 Å². The number of benzene rings is 2. The highest BCUT2D eigenvalue weighted by Gasteiger charge is 2.12. The van der Waals surface area contributed by atoms with Crippen molar-refractivity contribution in [3.63, 3.8) is 0 Å². The van der Waals surface area contributed by atoms with Crippen molar-refractivity contribution in [1.82, 2.24) is 5.32 Å². The highest BCUT2D eigenvalue weighted by Crippen LogP contribution is 2.22. The maximum atomic E-state index is 12.0. The van der Waals surface area contributed by atoms with Crippen molar-refractivity contribution in [2.75, 3.05) is 0 Å². The minimum Gasteiger partial charge on any atom is -0.491 e. The van der Waals surface area contributed by atoms with Crippen LogP contribution in [0.25, 0.3) is 6.08 Å². The maximum Gasteiger partial charge on any atom is 0.244 e. The fraction of sp³-hybridized carbons (Fsp3) is 0.348. The molecule has 0 unspecified atom stereocenters. The van der Waals surface area contributed by atoms with Crippen molar-refractivity contribution in [1.29, 1.82) is 0 Å². The topological polar surface area (TPSA) is 38.3 Å². The average molecular weight is 351 g/mol. The van der Waals surface area contributed by atoms with Crippen LogP contribution in [-0.2, 0) is 16.8 Å². The monoisotopic (exact) mass is 351 g/mol. The molecule has 2 aromatic rings. The Balaban J connectivity index is 1.89. The van der Waals surface area contributed by atoms with Crippen molar-refractivity contribution in [3.8, 4) is 5.75 Å². The molecule has 0 saturated carbocycles. The Morgan fingerprint density at radius 2 is 1.81 bits per heavy atom. The van der Waals surface area contributed by atoms with Gasteiger partial charge in [0.1, 0.15) is 5.75 Å². The van der Waals surface area contributed by atoms with Crippen molar-refractivity contribution in [3.05, 3.63) is 71.3 Å². The van der Waals surface area contributed by atoms with E-state index in [1.54, 1.807) is 6.08 Å². The molecule has 0 heterocycles. The standard InChI is InChI=1S/C23H29NO2/c1-17(2)26-21-8-6-7-19(15-21)16-24-22(25)14-11-18-9-12-20(13-10-18)23(3,4)5/h6-15,17H,16H2,1-5H3,(H,24,25)/b14-11+. The number of carbonyl (C=O) groups excluding carboxylic acids is 1. The van der Waals surface area contributed by atoms with Gasteiger partial charge in [-0.05, 0) is 54.2 Å². The van der Waals surface area contributed by atoms with Crippen LogP contribution in [-0.4, -0.2) is 12.0 Å². The molecule has 0 fully saturated rings. The molecule has 0 saturated heterocycles. The summed E-state index contributed by atoms with van der Waals surface area (Å²) in [5, 5.41) is 2.90. The molecular formula is C23H29NO2. The fourth-order valence-corrected chi connectivity index (χ4v) is 2.52. The van der Waals surface area contributed by atoms with Gasteiger partial charge in [-0.2, -0.15) is 0 Å². The fourth-order valence-electron chi connectivity index (χ4n) is 2.52. The van der Waals surface area contributed by atoms with Gasteiger partial charge in [0.05, 0.1) is 6.10 Å². The summed E-state index contributed by atoms with van der Waals surface area (Å²) in [7, 11) is 0. The van der Waals surface area contributed by atoms with Crippen molar-refractivity contribution in [2.45, 2.75) is 52.7 Å². The summed E-state index contributed by atoms with van der Waals surface area (Å²) in [4.78, 5) is 12.0. The molecule has 0 aliphatic heterocycles. The Kier molecular flexibility index (Phi) is 6.62. The highest BCUT2D eigenvalue weighted by molar-refractivity contribution is 5.91. The van der Waals surface area contributed by atoms with Gasteiger partial charge >= 0.3 is 0 Å². The second-order valence-electron chi connectivity index (χ2n) is 7.74. The maximum absolute atomic E-state index is 12.0. The van der Waals surface area contributed by atoms with Crippen LogP contribution in [0, 0.1) is 0 Å². The van der Waals surface area contributed by atoms with Crippen LogP contribution in [0.1, 0.15) is 51.3 Å². The van der Waals surface area contributed by atoms with Gasteiger partial charge in [-0.3, -0.25) is 4.79 Å². The van der Waals surface area contributed by atoms with Gasteiger partial charge in [-0.15, -0.1) is 0 Å². The molecule has 3 heteroatoms. The normalized spacial score (nSPS) is 11.8. The van der Waals surface area contributed by atoms with Crippen LogP contribution >= 0.6 is 0 Å². The minimum absolute atomic E-state index is 0.111. The van der Waals surface area contributed by atoms with Gasteiger partial charge in [0.2, 0.25) is 5.91 Å². The number of ether oxygens (including phenoxy) is 1. The van der Waals surface area contributed by atoms with Gasteiger partial charge < -0.3 is 10.1 Å². The van der Waals surface area contributed by atoms with Gasteiger partial charge in [0.25, 0.3) is 0 Å². The Labute approximate surface area is 157 Å². The van der Waals surface area contributed by atoms with Crippen LogP contribution < -0.4 is 10.1 Å². The number of nitrogens with one attached hydrogen (secondary N) is 1. The second-order valence-corrected chi connectivity index (χ2v) is 7.74. The number of carbonyl (C=O) groups is 1. The zero-order chi connectivity index (χ0) is 19.2. The quantitative estimate of drug-likeness (QED) is 0.735. The Morgan fingerprint density at radius 3 is 2.42 bits per heavy atom. The molecule has 0 aromatic heterocycles. The summed E-state index contributed by atoms with van der Waals surface area (Å²) in [6, 6.07) is 16.1. The Bertz CT molecular complexity index is 753. The molecule has 0 radical (unpaired) electrons. The molecule has 0 atom stereocenters. The first kappa shape index (κ1) is 19.8. The van der Waals surface area contributed by atoms with E-state index < -0.39 is 0 Å². The molecule has 1 amide bonds. The third kappa shape index (κ3) is 6.40. The van der Waals surface area contributed by atoms with Crippen LogP contribution in [0.3, 0.4) is 0 Å². The lowest BCUT2D eigenvalue weighted by molar-refractivity contribution is -0.116. The minimum atomic E-state index is -0.111. The largest absolute Gasteiger partial charge is 0.491 e. The van der Waals surface area contributed by atoms with Crippen molar-refractivity contribution in [2.24, 2.45) is 0 Å². The van der Waals surface area contributed by atoms with Crippen LogP contribution in [0.4, 0.5) is 0 Å². The number of hydrogen-bond donors (Lipinski definition) is 1. The summed E-state index contributed by atoms with van der Waals surface area (Å²) in [5.74, 6) is 0.710. The molecule has 26 heavy (non-hydrogen) atoms. The number of hydrogen-bond acceptors (Lipinski definition) is 2. The smallest absolute Gasteiger partial charge is 0.244 e. The molecule has 0 aliphatic carbocycles. The van der Waals surface area contributed by atoms with E-state index in [0.29, 0.717) is 6.54 Å². The van der Waals surface area contributed by atoms with E-state index in [9.17, 15) is 4.79 Å². The van der Waals surface area contributed by atoms with E-state index in [1.807, 2.05) is 56.3 Å². The lowest BCUT2D eigenvalue weighted by atomic mass is 9.87. The number of amides is 1. The molecule has 2 aromatic carbocycles. The first-order valence-corrected chi connectivity index (χ1v) is 9.06. The molecule has 0 bridgehead atoms. The molecule has 138 valence electrons. The zero-order valence-electron chi connectivity index (χ0n) is 16.4. The third-order valence-electron chi connectivity index (χ3n) is 3.94. The lowest BCUT2D eigenvalue weighted by Gasteiger charge is -2.18. The summed E-state index contributed by atoms with van der Waals surface area (Å²) in [6.45, 7) is 11.0. The average Bonchev–Trinajstić information content (AvgIpc) is 2.57. The van der Waals surface area contributed by atoms with E-state index in [2.05, 4.69) is 38.2 Å². The van der Waals surface area contributed by atoms with E-state index >= 15 is 0 Å². The van der Waals surface area contributed by atoms with E-state index in [-0.39, 0.29) is 17.4 Å². The molecule has 0 spiro atoms. The zero-order valence-corrected chi connectivity index (χ0v) is 16.4. The van der Waals surface area contributed by atoms with Crippen LogP contribution in [0.2, 0.25) is 0 Å². The van der Waals surface area contributed by atoms with Crippen molar-refractivity contribution < 1.29 is 9.53 Å².